The maximum absolute atomic E-state index is 13.3. The van der Waals surface area contributed by atoms with Gasteiger partial charge in [-0.05, 0) is 81.8 Å². The Morgan fingerprint density at radius 1 is 1.03 bits per heavy atom. The van der Waals surface area contributed by atoms with E-state index in [4.69, 9.17) is 9.47 Å². The molecule has 1 aliphatic carbocycles. The monoisotopic (exact) mass is 453 g/mol. The number of piperidine rings is 1. The van der Waals surface area contributed by atoms with Crippen molar-refractivity contribution in [1.29, 1.82) is 0 Å². The van der Waals surface area contributed by atoms with Crippen LogP contribution in [0, 0.1) is 18.8 Å². The van der Waals surface area contributed by atoms with E-state index in [1.54, 1.807) is 14.2 Å². The van der Waals surface area contributed by atoms with E-state index < -0.39 is 0 Å². The van der Waals surface area contributed by atoms with E-state index in [0.717, 1.165) is 73.0 Å². The van der Waals surface area contributed by atoms with Crippen LogP contribution in [0.5, 0.6) is 11.5 Å². The number of ether oxygens (including phenoxy) is 2. The third kappa shape index (κ3) is 5.55. The minimum absolute atomic E-state index is 0.0246. The van der Waals surface area contributed by atoms with Crippen molar-refractivity contribution in [3.8, 4) is 22.8 Å². The molecule has 1 aliphatic heterocycles. The largest absolute Gasteiger partial charge is 0.497 e. The van der Waals surface area contributed by atoms with Crippen LogP contribution in [-0.2, 0) is 6.54 Å². The highest BCUT2D eigenvalue weighted by molar-refractivity contribution is 5.97. The number of nitrogens with zero attached hydrogens (tertiary/aromatic N) is 1. The Balaban J connectivity index is 1.66. The van der Waals surface area contributed by atoms with Gasteiger partial charge in [0.2, 0.25) is 0 Å². The van der Waals surface area contributed by atoms with Crippen molar-refractivity contribution in [2.24, 2.45) is 11.8 Å². The Morgan fingerprint density at radius 2 is 1.79 bits per heavy atom. The first-order valence-corrected chi connectivity index (χ1v) is 12.5. The summed E-state index contributed by atoms with van der Waals surface area (Å²) in [5.74, 6) is 2.80. The van der Waals surface area contributed by atoms with Gasteiger partial charge in [-0.1, -0.05) is 19.3 Å². The lowest BCUT2D eigenvalue weighted by molar-refractivity contribution is 0.0943. The highest BCUT2D eigenvalue weighted by Gasteiger charge is 2.24. The summed E-state index contributed by atoms with van der Waals surface area (Å²) in [6.07, 6.45) is 8.68. The molecule has 33 heavy (non-hydrogen) atoms. The summed E-state index contributed by atoms with van der Waals surface area (Å²) < 4.78 is 13.6. The lowest BCUT2D eigenvalue weighted by Crippen LogP contribution is -2.36. The van der Waals surface area contributed by atoms with Crippen molar-refractivity contribution in [2.45, 2.75) is 58.4 Å². The number of aromatic nitrogens is 1. The van der Waals surface area contributed by atoms with Crippen molar-refractivity contribution < 1.29 is 14.3 Å². The number of methoxy groups -OCH3 is 2. The van der Waals surface area contributed by atoms with Gasteiger partial charge in [-0.2, -0.15) is 0 Å². The second kappa shape index (κ2) is 11.1. The Kier molecular flexibility index (Phi) is 7.97. The van der Waals surface area contributed by atoms with Crippen LogP contribution < -0.4 is 20.1 Å². The van der Waals surface area contributed by atoms with E-state index in [2.05, 4.69) is 22.1 Å². The molecule has 1 aromatic carbocycles. The van der Waals surface area contributed by atoms with Crippen LogP contribution in [0.25, 0.3) is 11.3 Å². The molecular formula is C27H39N3O3. The van der Waals surface area contributed by atoms with Gasteiger partial charge in [0.25, 0.3) is 5.91 Å². The molecule has 0 spiro atoms. The molecule has 6 heteroatoms. The molecule has 0 bridgehead atoms. The molecule has 0 unspecified atom stereocenters. The molecule has 2 N–H and O–H groups in total. The summed E-state index contributed by atoms with van der Waals surface area (Å²) in [5, 5.41) is 6.61. The SMILES string of the molecule is COc1ccc(OC)c(-c2cc(C(=O)NCC3CCNCC3)c(C)n2CC2CCCCC2)c1. The van der Waals surface area contributed by atoms with E-state index in [0.29, 0.717) is 11.8 Å². The van der Waals surface area contributed by atoms with Gasteiger partial charge in [-0.15, -0.1) is 0 Å². The molecule has 2 fully saturated rings. The lowest BCUT2D eigenvalue weighted by Gasteiger charge is -2.25. The van der Waals surface area contributed by atoms with Crippen LogP contribution in [-0.4, -0.2) is 44.3 Å². The molecule has 1 aromatic heterocycles. The number of benzene rings is 1. The first kappa shape index (κ1) is 23.7. The fraction of sp³-hybridized carbons (Fsp3) is 0.593. The molecule has 0 atom stereocenters. The fourth-order valence-corrected chi connectivity index (χ4v) is 5.39. The van der Waals surface area contributed by atoms with Gasteiger partial charge >= 0.3 is 0 Å². The number of hydrogen-bond acceptors (Lipinski definition) is 4. The number of hydrogen-bond donors (Lipinski definition) is 2. The number of amides is 1. The van der Waals surface area contributed by atoms with Crippen LogP contribution in [0.3, 0.4) is 0 Å². The average molecular weight is 454 g/mol. The summed E-state index contributed by atoms with van der Waals surface area (Å²) in [7, 11) is 3.37. The van der Waals surface area contributed by atoms with E-state index in [9.17, 15) is 4.79 Å². The summed E-state index contributed by atoms with van der Waals surface area (Å²) in [6, 6.07) is 7.92. The van der Waals surface area contributed by atoms with Gasteiger partial charge in [0.15, 0.2) is 0 Å². The highest BCUT2D eigenvalue weighted by Crippen LogP contribution is 2.37. The quantitative estimate of drug-likeness (QED) is 0.603. The number of carbonyl (C=O) groups is 1. The third-order valence-corrected chi connectivity index (χ3v) is 7.47. The Morgan fingerprint density at radius 3 is 2.48 bits per heavy atom. The topological polar surface area (TPSA) is 64.5 Å². The van der Waals surface area contributed by atoms with Gasteiger partial charge in [0.05, 0.1) is 25.5 Å². The van der Waals surface area contributed by atoms with Crippen LogP contribution in [0.4, 0.5) is 0 Å². The maximum Gasteiger partial charge on any atom is 0.253 e. The molecule has 1 amide bonds. The first-order valence-electron chi connectivity index (χ1n) is 12.5. The predicted octanol–water partition coefficient (Wildman–Crippen LogP) is 4.79. The van der Waals surface area contributed by atoms with Crippen molar-refractivity contribution in [1.82, 2.24) is 15.2 Å². The fourth-order valence-electron chi connectivity index (χ4n) is 5.39. The molecule has 6 nitrogen and oxygen atoms in total. The standard InChI is InChI=1S/C27H39N3O3/c1-19-23(27(31)29-17-20-11-13-28-14-12-20)16-25(30(19)18-21-7-5-4-6-8-21)24-15-22(32-2)9-10-26(24)33-3/h9-10,15-16,20-21,28H,4-8,11-14,17-18H2,1-3H3,(H,29,31). The average Bonchev–Trinajstić information content (AvgIpc) is 3.19. The Labute approximate surface area is 198 Å². The number of nitrogens with one attached hydrogen (secondary N) is 2. The summed E-state index contributed by atoms with van der Waals surface area (Å²) in [5.41, 5.74) is 3.79. The second-order valence-corrected chi connectivity index (χ2v) is 9.61. The van der Waals surface area contributed by atoms with E-state index in [-0.39, 0.29) is 5.91 Å². The highest BCUT2D eigenvalue weighted by atomic mass is 16.5. The smallest absolute Gasteiger partial charge is 0.253 e. The molecule has 2 aromatic rings. The van der Waals surface area contributed by atoms with Crippen LogP contribution in [0.2, 0.25) is 0 Å². The third-order valence-electron chi connectivity index (χ3n) is 7.47. The summed E-state index contributed by atoms with van der Waals surface area (Å²) in [4.78, 5) is 13.3. The van der Waals surface area contributed by atoms with E-state index >= 15 is 0 Å². The van der Waals surface area contributed by atoms with Gasteiger partial charge in [0, 0.05) is 24.3 Å². The van der Waals surface area contributed by atoms with Crippen molar-refractivity contribution in [2.75, 3.05) is 33.9 Å². The minimum atomic E-state index is 0.0246. The van der Waals surface area contributed by atoms with E-state index in [1.165, 1.54) is 32.1 Å². The van der Waals surface area contributed by atoms with Gasteiger partial charge in [-0.3, -0.25) is 4.79 Å². The molecule has 2 heterocycles. The zero-order valence-corrected chi connectivity index (χ0v) is 20.4. The Bertz CT molecular complexity index is 940. The molecule has 2 aliphatic rings. The van der Waals surface area contributed by atoms with Crippen LogP contribution in [0.15, 0.2) is 24.3 Å². The summed E-state index contributed by atoms with van der Waals surface area (Å²) in [6.45, 7) is 5.83. The van der Waals surface area contributed by atoms with Crippen LogP contribution >= 0.6 is 0 Å². The zero-order valence-electron chi connectivity index (χ0n) is 20.4. The molecule has 1 saturated heterocycles. The van der Waals surface area contributed by atoms with Crippen LogP contribution in [0.1, 0.15) is 61.0 Å². The number of carbonyl (C=O) groups excluding carboxylic acids is 1. The van der Waals surface area contributed by atoms with Crippen molar-refractivity contribution in [3.05, 3.63) is 35.5 Å². The minimum Gasteiger partial charge on any atom is -0.497 e. The summed E-state index contributed by atoms with van der Waals surface area (Å²) >= 11 is 0. The molecule has 4 rings (SSSR count). The normalized spacial score (nSPS) is 17.7. The first-order chi connectivity index (χ1) is 16.1. The van der Waals surface area contributed by atoms with Crippen molar-refractivity contribution in [3.63, 3.8) is 0 Å². The van der Waals surface area contributed by atoms with Gasteiger partial charge in [-0.25, -0.2) is 0 Å². The molecular weight excluding hydrogens is 414 g/mol. The zero-order chi connectivity index (χ0) is 23.2. The van der Waals surface area contributed by atoms with Gasteiger partial charge < -0.3 is 24.7 Å². The van der Waals surface area contributed by atoms with Gasteiger partial charge in [0.1, 0.15) is 11.5 Å². The predicted molar refractivity (Wildman–Crippen MR) is 132 cm³/mol. The molecule has 0 radical (unpaired) electrons. The lowest BCUT2D eigenvalue weighted by atomic mass is 9.89. The van der Waals surface area contributed by atoms with E-state index in [1.807, 2.05) is 24.3 Å². The number of rotatable bonds is 8. The van der Waals surface area contributed by atoms with Crippen molar-refractivity contribution >= 4 is 5.91 Å². The molecule has 180 valence electrons. The maximum atomic E-state index is 13.3. The second-order valence-electron chi connectivity index (χ2n) is 9.61. The Hall–Kier alpha value is -2.47. The molecule has 1 saturated carbocycles.